The van der Waals surface area contributed by atoms with Gasteiger partial charge in [-0.15, -0.1) is 0 Å². The molecule has 1 aliphatic heterocycles. The number of carbonyl (C=O) groups is 1. The summed E-state index contributed by atoms with van der Waals surface area (Å²) in [5, 5.41) is 4.53. The first-order chi connectivity index (χ1) is 12.8. The number of carbonyl (C=O) groups excluding carboxylic acids is 1. The lowest BCUT2D eigenvalue weighted by atomic mass is 9.99. The predicted molar refractivity (Wildman–Crippen MR) is 102 cm³/mol. The Morgan fingerprint density at radius 2 is 1.81 bits per heavy atom. The van der Waals surface area contributed by atoms with Gasteiger partial charge in [-0.2, -0.15) is 9.40 Å². The van der Waals surface area contributed by atoms with E-state index in [4.69, 9.17) is 4.74 Å². The number of aromatic nitrogens is 2. The van der Waals surface area contributed by atoms with Crippen molar-refractivity contribution in [2.24, 2.45) is 5.92 Å². The van der Waals surface area contributed by atoms with Crippen LogP contribution in [0.5, 0.6) is 0 Å². The summed E-state index contributed by atoms with van der Waals surface area (Å²) in [7, 11) is -2.35. The zero-order chi connectivity index (χ0) is 19.6. The van der Waals surface area contributed by atoms with Crippen molar-refractivity contribution in [2.45, 2.75) is 37.6 Å². The van der Waals surface area contributed by atoms with Gasteiger partial charge in [-0.25, -0.2) is 8.42 Å². The largest absolute Gasteiger partial charge is 0.469 e. The van der Waals surface area contributed by atoms with Crippen molar-refractivity contribution in [3.63, 3.8) is 0 Å². The molecule has 8 heteroatoms. The Bertz CT molecular complexity index is 898. The van der Waals surface area contributed by atoms with Gasteiger partial charge in [0.25, 0.3) is 0 Å². The molecule has 0 bridgehead atoms. The Kier molecular flexibility index (Phi) is 5.67. The molecule has 2 heterocycles. The SMILES string of the molecule is COC(=O)C1CCN(S(=O)(=O)c2cn(C(C)C)nc2-c2ccccc2)CC1. The maximum absolute atomic E-state index is 13.3. The first-order valence-electron chi connectivity index (χ1n) is 9.07. The third kappa shape index (κ3) is 3.91. The number of benzene rings is 1. The molecular formula is C19H25N3O4S. The van der Waals surface area contributed by atoms with E-state index in [9.17, 15) is 13.2 Å². The van der Waals surface area contributed by atoms with Crippen molar-refractivity contribution >= 4 is 16.0 Å². The molecule has 2 aromatic rings. The molecule has 0 N–H and O–H groups in total. The summed E-state index contributed by atoms with van der Waals surface area (Å²) < 4.78 is 34.5. The van der Waals surface area contributed by atoms with Crippen LogP contribution in [0.15, 0.2) is 41.4 Å². The van der Waals surface area contributed by atoms with Gasteiger partial charge in [0.15, 0.2) is 0 Å². The lowest BCUT2D eigenvalue weighted by Crippen LogP contribution is -2.40. The molecule has 0 atom stereocenters. The van der Waals surface area contributed by atoms with Crippen LogP contribution in [0.3, 0.4) is 0 Å². The third-order valence-corrected chi connectivity index (χ3v) is 6.78. The fraction of sp³-hybridized carbons (Fsp3) is 0.474. The normalized spacial score (nSPS) is 16.6. The molecule has 0 amide bonds. The van der Waals surface area contributed by atoms with Crippen LogP contribution in [0.2, 0.25) is 0 Å². The van der Waals surface area contributed by atoms with Gasteiger partial charge in [0.05, 0.1) is 13.0 Å². The van der Waals surface area contributed by atoms with Gasteiger partial charge in [0.2, 0.25) is 10.0 Å². The van der Waals surface area contributed by atoms with Crippen molar-refractivity contribution < 1.29 is 17.9 Å². The second kappa shape index (κ2) is 7.82. The maximum atomic E-state index is 13.3. The van der Waals surface area contributed by atoms with Gasteiger partial charge in [0, 0.05) is 30.9 Å². The highest BCUT2D eigenvalue weighted by Gasteiger charge is 2.35. The number of piperidine rings is 1. The van der Waals surface area contributed by atoms with Crippen molar-refractivity contribution in [3.05, 3.63) is 36.5 Å². The van der Waals surface area contributed by atoms with E-state index >= 15 is 0 Å². The van der Waals surface area contributed by atoms with E-state index in [0.29, 0.717) is 31.6 Å². The minimum absolute atomic E-state index is 0.0430. The van der Waals surface area contributed by atoms with E-state index in [1.807, 2.05) is 44.2 Å². The fourth-order valence-electron chi connectivity index (χ4n) is 3.26. The Labute approximate surface area is 160 Å². The van der Waals surface area contributed by atoms with Crippen LogP contribution in [0.1, 0.15) is 32.7 Å². The fourth-order valence-corrected chi connectivity index (χ4v) is 4.88. The summed E-state index contributed by atoms with van der Waals surface area (Å²) in [5.41, 5.74) is 1.22. The molecular weight excluding hydrogens is 366 g/mol. The van der Waals surface area contributed by atoms with Gasteiger partial charge >= 0.3 is 5.97 Å². The Balaban J connectivity index is 1.94. The summed E-state index contributed by atoms with van der Waals surface area (Å²) >= 11 is 0. The molecule has 1 aromatic heterocycles. The highest BCUT2D eigenvalue weighted by Crippen LogP contribution is 2.31. The lowest BCUT2D eigenvalue weighted by Gasteiger charge is -2.29. The molecule has 3 rings (SSSR count). The van der Waals surface area contributed by atoms with E-state index in [0.717, 1.165) is 5.56 Å². The number of hydrogen-bond donors (Lipinski definition) is 0. The van der Waals surface area contributed by atoms with Gasteiger partial charge in [-0.1, -0.05) is 30.3 Å². The molecule has 1 aliphatic rings. The first-order valence-corrected chi connectivity index (χ1v) is 10.5. The Morgan fingerprint density at radius 3 is 2.37 bits per heavy atom. The standard InChI is InChI=1S/C19H25N3O4S/c1-14(2)22-13-17(18(20-22)15-7-5-4-6-8-15)27(24,25)21-11-9-16(10-12-21)19(23)26-3/h4-8,13-14,16H,9-12H2,1-3H3. The van der Waals surface area contributed by atoms with Crippen LogP contribution in [0.25, 0.3) is 11.3 Å². The van der Waals surface area contributed by atoms with Crippen molar-refractivity contribution in [3.8, 4) is 11.3 Å². The molecule has 146 valence electrons. The smallest absolute Gasteiger partial charge is 0.308 e. The number of esters is 1. The van der Waals surface area contributed by atoms with Crippen LogP contribution < -0.4 is 0 Å². The second-order valence-corrected chi connectivity index (χ2v) is 8.89. The van der Waals surface area contributed by atoms with Gasteiger partial charge in [-0.3, -0.25) is 9.48 Å². The Morgan fingerprint density at radius 1 is 1.19 bits per heavy atom. The van der Waals surface area contributed by atoms with Gasteiger partial charge in [0.1, 0.15) is 10.6 Å². The van der Waals surface area contributed by atoms with E-state index in [1.54, 1.807) is 10.9 Å². The quantitative estimate of drug-likeness (QED) is 0.732. The van der Waals surface area contributed by atoms with Crippen LogP contribution in [-0.2, 0) is 19.6 Å². The Hall–Kier alpha value is -2.19. The van der Waals surface area contributed by atoms with Crippen LogP contribution >= 0.6 is 0 Å². The van der Waals surface area contributed by atoms with Crippen LogP contribution in [-0.4, -0.2) is 48.7 Å². The molecule has 0 saturated carbocycles. The van der Waals surface area contributed by atoms with E-state index in [-0.39, 0.29) is 22.8 Å². The number of sulfonamides is 1. The third-order valence-electron chi connectivity index (χ3n) is 4.88. The molecule has 1 aromatic carbocycles. The molecule has 1 fully saturated rings. The summed E-state index contributed by atoms with van der Waals surface area (Å²) in [5.74, 6) is -0.516. The highest BCUT2D eigenvalue weighted by atomic mass is 32.2. The van der Waals surface area contributed by atoms with Gasteiger partial charge in [-0.05, 0) is 26.7 Å². The predicted octanol–water partition coefficient (Wildman–Crippen LogP) is 2.70. The number of methoxy groups -OCH3 is 1. The summed E-state index contributed by atoms with van der Waals surface area (Å²) in [6.07, 6.45) is 2.53. The average molecular weight is 391 g/mol. The van der Waals surface area contributed by atoms with E-state index in [2.05, 4.69) is 5.10 Å². The minimum atomic E-state index is -3.71. The lowest BCUT2D eigenvalue weighted by molar-refractivity contribution is -0.146. The molecule has 0 aliphatic carbocycles. The molecule has 0 spiro atoms. The summed E-state index contributed by atoms with van der Waals surface area (Å²) in [6, 6.07) is 9.37. The van der Waals surface area contributed by atoms with Crippen molar-refractivity contribution in [1.82, 2.24) is 14.1 Å². The van der Waals surface area contributed by atoms with Crippen LogP contribution in [0, 0.1) is 5.92 Å². The van der Waals surface area contributed by atoms with Gasteiger partial charge < -0.3 is 4.74 Å². The average Bonchev–Trinajstić information content (AvgIpc) is 3.15. The second-order valence-electron chi connectivity index (χ2n) is 6.98. The molecule has 7 nitrogen and oxygen atoms in total. The molecule has 0 radical (unpaired) electrons. The number of nitrogens with zero attached hydrogens (tertiary/aromatic N) is 3. The highest BCUT2D eigenvalue weighted by molar-refractivity contribution is 7.89. The monoisotopic (exact) mass is 391 g/mol. The molecule has 1 saturated heterocycles. The van der Waals surface area contributed by atoms with Crippen molar-refractivity contribution in [1.29, 1.82) is 0 Å². The first kappa shape index (κ1) is 19.6. The topological polar surface area (TPSA) is 81.5 Å². The van der Waals surface area contributed by atoms with Crippen molar-refractivity contribution in [2.75, 3.05) is 20.2 Å². The minimum Gasteiger partial charge on any atom is -0.469 e. The molecule has 0 unspecified atom stereocenters. The number of ether oxygens (including phenoxy) is 1. The molecule has 27 heavy (non-hydrogen) atoms. The maximum Gasteiger partial charge on any atom is 0.308 e. The van der Waals surface area contributed by atoms with E-state index in [1.165, 1.54) is 11.4 Å². The summed E-state index contributed by atoms with van der Waals surface area (Å²) in [4.78, 5) is 11.9. The number of hydrogen-bond acceptors (Lipinski definition) is 5. The summed E-state index contributed by atoms with van der Waals surface area (Å²) in [6.45, 7) is 4.51. The zero-order valence-electron chi connectivity index (χ0n) is 15.8. The van der Waals surface area contributed by atoms with E-state index < -0.39 is 10.0 Å². The zero-order valence-corrected chi connectivity index (χ0v) is 16.6. The number of rotatable bonds is 5. The van der Waals surface area contributed by atoms with Crippen LogP contribution in [0.4, 0.5) is 0 Å².